The summed E-state index contributed by atoms with van der Waals surface area (Å²) in [6.45, 7) is -0.649. The van der Waals surface area contributed by atoms with Crippen molar-refractivity contribution in [3.63, 3.8) is 0 Å². The van der Waals surface area contributed by atoms with Crippen LogP contribution < -0.4 is 44.6 Å². The lowest BCUT2D eigenvalue weighted by molar-refractivity contribution is -0.138. The molecule has 0 aliphatic rings. The standard InChI is InChI=1S/C16H29N9O7/c17-7(4-10(18)26)13(30)24-8(2-1-3-22-16(20)21)15(32)25-9(5-11(19)27)14(31)23-6-12(28)29/h7-9H,1-6,17H2,(H2,18,26)(H2,19,27)(H,23,31)(H,24,30)(H,25,32)(H,28,29)(H4,20,21,22). The summed E-state index contributed by atoms with van der Waals surface area (Å²) < 4.78 is 0. The molecule has 0 bridgehead atoms. The van der Waals surface area contributed by atoms with E-state index in [4.69, 9.17) is 33.8 Å². The van der Waals surface area contributed by atoms with Crippen molar-refractivity contribution < 1.29 is 33.9 Å². The quantitative estimate of drug-likeness (QED) is 0.0634. The Morgan fingerprint density at radius 2 is 1.38 bits per heavy atom. The maximum atomic E-state index is 12.7. The molecule has 0 aliphatic heterocycles. The number of carboxylic acid groups (broad SMARTS) is 1. The number of nitrogens with two attached hydrogens (primary N) is 5. The molecule has 16 heteroatoms. The third-order valence-corrected chi connectivity index (χ3v) is 3.79. The van der Waals surface area contributed by atoms with Crippen LogP contribution >= 0.6 is 0 Å². The number of rotatable bonds is 15. The zero-order valence-electron chi connectivity index (χ0n) is 17.2. The summed E-state index contributed by atoms with van der Waals surface area (Å²) in [5.74, 6) is -6.06. The SMILES string of the molecule is NC(=O)CC(N)C(=O)NC(CCCN=C(N)N)C(=O)NC(CC(N)=O)C(=O)NCC(=O)O. The van der Waals surface area contributed by atoms with Crippen molar-refractivity contribution in [3.05, 3.63) is 0 Å². The van der Waals surface area contributed by atoms with Crippen LogP contribution in [0.1, 0.15) is 25.7 Å². The molecule has 0 saturated carbocycles. The number of carbonyl (C=O) groups is 6. The minimum absolute atomic E-state index is 0.0162. The van der Waals surface area contributed by atoms with E-state index >= 15 is 0 Å². The first-order chi connectivity index (χ1) is 14.8. The van der Waals surface area contributed by atoms with Gasteiger partial charge in [-0.05, 0) is 12.8 Å². The second-order valence-corrected chi connectivity index (χ2v) is 6.63. The fraction of sp³-hybridized carbons (Fsp3) is 0.562. The van der Waals surface area contributed by atoms with Crippen LogP contribution in [0.15, 0.2) is 4.99 Å². The summed E-state index contributed by atoms with van der Waals surface area (Å²) in [7, 11) is 0. The third kappa shape index (κ3) is 12.6. The lowest BCUT2D eigenvalue weighted by Gasteiger charge is -2.23. The van der Waals surface area contributed by atoms with Gasteiger partial charge in [0.25, 0.3) is 0 Å². The van der Waals surface area contributed by atoms with Gasteiger partial charge in [0, 0.05) is 6.54 Å². The van der Waals surface area contributed by atoms with Gasteiger partial charge in [0.05, 0.1) is 18.9 Å². The molecular formula is C16H29N9O7. The van der Waals surface area contributed by atoms with E-state index in [9.17, 15) is 28.8 Å². The Labute approximate surface area is 182 Å². The highest BCUT2D eigenvalue weighted by atomic mass is 16.4. The smallest absolute Gasteiger partial charge is 0.322 e. The molecule has 0 saturated heterocycles. The summed E-state index contributed by atoms with van der Waals surface area (Å²) in [6.07, 6.45) is -0.909. The number of aliphatic carboxylic acids is 1. The molecule has 0 aliphatic carbocycles. The van der Waals surface area contributed by atoms with Gasteiger partial charge >= 0.3 is 5.97 Å². The average Bonchev–Trinajstić information content (AvgIpc) is 2.66. The van der Waals surface area contributed by atoms with Gasteiger partial charge < -0.3 is 49.7 Å². The molecule has 180 valence electrons. The fourth-order valence-corrected chi connectivity index (χ4v) is 2.33. The molecule has 3 atom stereocenters. The molecular weight excluding hydrogens is 430 g/mol. The van der Waals surface area contributed by atoms with Gasteiger partial charge in [-0.15, -0.1) is 0 Å². The third-order valence-electron chi connectivity index (χ3n) is 3.79. The number of carboxylic acids is 1. The predicted molar refractivity (Wildman–Crippen MR) is 110 cm³/mol. The number of nitrogens with zero attached hydrogens (tertiary/aromatic N) is 1. The number of amides is 5. The van der Waals surface area contributed by atoms with E-state index in [-0.39, 0.29) is 25.3 Å². The average molecular weight is 459 g/mol. The summed E-state index contributed by atoms with van der Waals surface area (Å²) in [5, 5.41) is 15.2. The fourth-order valence-electron chi connectivity index (χ4n) is 2.33. The number of aliphatic imine (C=N–C) groups is 1. The number of hydrogen-bond donors (Lipinski definition) is 9. The molecule has 0 aromatic heterocycles. The first kappa shape index (κ1) is 28.0. The monoisotopic (exact) mass is 459 g/mol. The zero-order chi connectivity index (χ0) is 24.8. The lowest BCUT2D eigenvalue weighted by Crippen LogP contribution is -2.57. The topological polar surface area (TPSA) is 301 Å². The Morgan fingerprint density at radius 3 is 1.88 bits per heavy atom. The van der Waals surface area contributed by atoms with Crippen molar-refractivity contribution in [2.75, 3.05) is 13.1 Å². The number of guanidine groups is 1. The van der Waals surface area contributed by atoms with Crippen LogP contribution in [0.2, 0.25) is 0 Å². The van der Waals surface area contributed by atoms with E-state index in [1.165, 1.54) is 0 Å². The molecule has 32 heavy (non-hydrogen) atoms. The molecule has 0 heterocycles. The second-order valence-electron chi connectivity index (χ2n) is 6.63. The highest BCUT2D eigenvalue weighted by Crippen LogP contribution is 2.03. The van der Waals surface area contributed by atoms with Gasteiger partial charge in [-0.2, -0.15) is 0 Å². The lowest BCUT2D eigenvalue weighted by atomic mass is 10.1. The van der Waals surface area contributed by atoms with Crippen molar-refractivity contribution in [1.29, 1.82) is 0 Å². The van der Waals surface area contributed by atoms with Crippen LogP contribution in [-0.2, 0) is 28.8 Å². The van der Waals surface area contributed by atoms with E-state index < -0.39 is 73.0 Å². The second kappa shape index (κ2) is 14.1. The summed E-state index contributed by atoms with van der Waals surface area (Å²) in [6, 6.07) is -4.10. The van der Waals surface area contributed by atoms with E-state index in [2.05, 4.69) is 15.6 Å². The predicted octanol–water partition coefficient (Wildman–Crippen LogP) is -5.71. The summed E-state index contributed by atoms with van der Waals surface area (Å²) in [5.41, 5.74) is 26.1. The largest absolute Gasteiger partial charge is 0.480 e. The Bertz CT molecular complexity index is 752. The first-order valence-electron chi connectivity index (χ1n) is 9.31. The maximum absolute atomic E-state index is 12.7. The van der Waals surface area contributed by atoms with Crippen molar-refractivity contribution in [1.82, 2.24) is 16.0 Å². The van der Waals surface area contributed by atoms with Gasteiger partial charge in [0.15, 0.2) is 5.96 Å². The van der Waals surface area contributed by atoms with E-state index in [0.717, 1.165) is 0 Å². The highest BCUT2D eigenvalue weighted by molar-refractivity contribution is 5.96. The Hall–Kier alpha value is -3.95. The van der Waals surface area contributed by atoms with E-state index in [1.54, 1.807) is 0 Å². The molecule has 0 radical (unpaired) electrons. The van der Waals surface area contributed by atoms with Gasteiger partial charge in [-0.25, -0.2) is 0 Å². The van der Waals surface area contributed by atoms with Gasteiger partial charge in [-0.3, -0.25) is 33.8 Å². The molecule has 0 fully saturated rings. The van der Waals surface area contributed by atoms with Crippen LogP contribution in [0.3, 0.4) is 0 Å². The van der Waals surface area contributed by atoms with Crippen molar-refractivity contribution in [2.45, 2.75) is 43.8 Å². The Morgan fingerprint density at radius 1 is 0.812 bits per heavy atom. The van der Waals surface area contributed by atoms with Crippen LogP contribution in [0.4, 0.5) is 0 Å². The van der Waals surface area contributed by atoms with Gasteiger partial charge in [-0.1, -0.05) is 0 Å². The molecule has 14 N–H and O–H groups in total. The van der Waals surface area contributed by atoms with Gasteiger partial charge in [0.2, 0.25) is 29.5 Å². The normalized spacial score (nSPS) is 13.0. The Kier molecular flexibility index (Phi) is 12.4. The van der Waals surface area contributed by atoms with Crippen LogP contribution in [-0.4, -0.2) is 77.8 Å². The number of carbonyl (C=O) groups excluding carboxylic acids is 5. The van der Waals surface area contributed by atoms with Gasteiger partial charge in [0.1, 0.15) is 18.6 Å². The van der Waals surface area contributed by atoms with E-state index in [0.29, 0.717) is 0 Å². The summed E-state index contributed by atoms with van der Waals surface area (Å²) >= 11 is 0. The maximum Gasteiger partial charge on any atom is 0.322 e. The molecule has 16 nitrogen and oxygen atoms in total. The van der Waals surface area contributed by atoms with Crippen molar-refractivity contribution >= 4 is 41.5 Å². The highest BCUT2D eigenvalue weighted by Gasteiger charge is 2.29. The van der Waals surface area contributed by atoms with Crippen molar-refractivity contribution in [3.8, 4) is 0 Å². The molecule has 0 rings (SSSR count). The zero-order valence-corrected chi connectivity index (χ0v) is 17.2. The first-order valence-corrected chi connectivity index (χ1v) is 9.31. The summed E-state index contributed by atoms with van der Waals surface area (Å²) in [4.78, 5) is 73.6. The van der Waals surface area contributed by atoms with E-state index in [1.807, 2.05) is 5.32 Å². The molecule has 0 aromatic rings. The Balaban J connectivity index is 5.39. The molecule has 0 aromatic carbocycles. The molecule has 3 unspecified atom stereocenters. The van der Waals surface area contributed by atoms with Crippen LogP contribution in [0.25, 0.3) is 0 Å². The van der Waals surface area contributed by atoms with Crippen molar-refractivity contribution in [2.24, 2.45) is 33.7 Å². The molecule has 5 amide bonds. The minimum atomic E-state index is -1.50. The molecule has 0 spiro atoms. The number of hydrogen-bond acceptors (Lipinski definition) is 8. The van der Waals surface area contributed by atoms with Crippen LogP contribution in [0.5, 0.6) is 0 Å². The minimum Gasteiger partial charge on any atom is -0.480 e. The van der Waals surface area contributed by atoms with Crippen LogP contribution in [0, 0.1) is 0 Å². The number of primary amides is 2. The number of nitrogens with one attached hydrogen (secondary N) is 3.